The molecule has 3 fully saturated rings. The first-order valence-electron chi connectivity index (χ1n) is 11.6. The van der Waals surface area contributed by atoms with Crippen LogP contribution < -0.4 is 16.4 Å². The lowest BCUT2D eigenvalue weighted by Gasteiger charge is -2.58. The quantitative estimate of drug-likeness (QED) is 0.349. The van der Waals surface area contributed by atoms with Crippen molar-refractivity contribution < 1.29 is 9.59 Å². The van der Waals surface area contributed by atoms with Crippen LogP contribution in [0.25, 0.3) is 0 Å². The van der Waals surface area contributed by atoms with Crippen LogP contribution in [-0.4, -0.2) is 27.7 Å². The molecule has 0 radical (unpaired) electrons. The van der Waals surface area contributed by atoms with Gasteiger partial charge in [-0.3, -0.25) is 9.59 Å². The Hall–Kier alpha value is -1.08. The lowest BCUT2D eigenvalue weighted by Crippen LogP contribution is -2.59. The highest BCUT2D eigenvalue weighted by molar-refractivity contribution is 8.10. The van der Waals surface area contributed by atoms with E-state index in [-0.39, 0.29) is 44.5 Å². The summed E-state index contributed by atoms with van der Waals surface area (Å²) in [5.41, 5.74) is 4.74. The second-order valence-corrected chi connectivity index (χ2v) is 12.7. The van der Waals surface area contributed by atoms with E-state index in [9.17, 15) is 9.59 Å². The van der Waals surface area contributed by atoms with Gasteiger partial charge in [0.25, 0.3) is 0 Å². The summed E-state index contributed by atoms with van der Waals surface area (Å²) in [6, 6.07) is 0.280. The third kappa shape index (κ3) is 4.82. The minimum absolute atomic E-state index is 0.0661. The van der Waals surface area contributed by atoms with Gasteiger partial charge in [0.15, 0.2) is 0 Å². The second kappa shape index (κ2) is 8.69. The number of carbonyl (C=O) groups is 2. The molecule has 1 aliphatic heterocycles. The molecule has 3 saturated carbocycles. The van der Waals surface area contributed by atoms with Crippen molar-refractivity contribution in [1.29, 1.82) is 0 Å². The van der Waals surface area contributed by atoms with Crippen LogP contribution in [0.4, 0.5) is 0 Å². The van der Waals surface area contributed by atoms with Gasteiger partial charge in [-0.1, -0.05) is 32.1 Å². The molecule has 5 nitrogen and oxygen atoms in total. The molecule has 1 heterocycles. The van der Waals surface area contributed by atoms with Crippen LogP contribution in [0, 0.1) is 34.5 Å². The topological polar surface area (TPSA) is 84.2 Å². The van der Waals surface area contributed by atoms with Crippen LogP contribution in [0.5, 0.6) is 0 Å². The summed E-state index contributed by atoms with van der Waals surface area (Å²) in [6.07, 6.45) is 10.7. The highest BCUT2D eigenvalue weighted by atomic mass is 32.1. The van der Waals surface area contributed by atoms with E-state index in [1.165, 1.54) is 19.3 Å². The van der Waals surface area contributed by atoms with Crippen LogP contribution in [-0.2, 0) is 9.59 Å². The molecule has 7 heteroatoms. The maximum Gasteiger partial charge on any atom is 0.243 e. The molecule has 174 valence electrons. The van der Waals surface area contributed by atoms with Crippen LogP contribution in [0.1, 0.15) is 73.1 Å². The molecule has 4 N–H and O–H groups in total. The van der Waals surface area contributed by atoms with Crippen molar-refractivity contribution in [1.82, 2.24) is 10.6 Å². The van der Waals surface area contributed by atoms with Crippen molar-refractivity contribution in [3.05, 3.63) is 12.2 Å². The van der Waals surface area contributed by atoms with Crippen molar-refractivity contribution in [2.75, 3.05) is 0 Å². The molecule has 0 saturated heterocycles. The Morgan fingerprint density at radius 2 is 1.84 bits per heavy atom. The summed E-state index contributed by atoms with van der Waals surface area (Å²) >= 11 is 7.65. The number of rotatable bonds is 1. The van der Waals surface area contributed by atoms with E-state index in [0.29, 0.717) is 17.8 Å². The van der Waals surface area contributed by atoms with Crippen LogP contribution in [0.2, 0.25) is 0 Å². The summed E-state index contributed by atoms with van der Waals surface area (Å²) in [5, 5.41) is 6.48. The van der Waals surface area contributed by atoms with Gasteiger partial charge in [0.05, 0.1) is 0 Å². The van der Waals surface area contributed by atoms with E-state index >= 15 is 0 Å². The molecule has 4 rings (SSSR count). The smallest absolute Gasteiger partial charge is 0.243 e. The largest absolute Gasteiger partial charge is 0.385 e. The lowest BCUT2D eigenvalue weighted by atomic mass is 9.48. The van der Waals surface area contributed by atoms with Crippen molar-refractivity contribution >= 4 is 41.0 Å². The van der Waals surface area contributed by atoms with Gasteiger partial charge >= 0.3 is 0 Å². The molecule has 3 aliphatic carbocycles. The Morgan fingerprint density at radius 1 is 1.19 bits per heavy atom. The van der Waals surface area contributed by atoms with Crippen molar-refractivity contribution in [3.8, 4) is 0 Å². The van der Waals surface area contributed by atoms with Gasteiger partial charge in [-0.15, -0.1) is 12.6 Å². The first-order valence-corrected chi connectivity index (χ1v) is 12.4. The zero-order chi connectivity index (χ0) is 23.2. The minimum Gasteiger partial charge on any atom is -0.385 e. The maximum absolute atomic E-state index is 13.0. The highest BCUT2D eigenvalue weighted by Gasteiger charge is 2.60. The molecule has 0 aromatic heterocycles. The number of amides is 2. The van der Waals surface area contributed by atoms with E-state index in [4.69, 9.17) is 5.73 Å². The molecule has 0 aromatic carbocycles. The number of nitrogens with two attached hydrogens (primary N) is 1. The zero-order valence-electron chi connectivity index (χ0n) is 19.5. The van der Waals surface area contributed by atoms with E-state index in [2.05, 4.69) is 76.2 Å². The van der Waals surface area contributed by atoms with Gasteiger partial charge in [0, 0.05) is 22.9 Å². The van der Waals surface area contributed by atoms with Gasteiger partial charge in [-0.05, 0) is 88.5 Å². The second-order valence-electron chi connectivity index (χ2n) is 11.5. The fraction of sp³-hybridized carbons (Fsp3) is 0.792. The number of thiol groups is 1. The Morgan fingerprint density at radius 3 is 2.45 bits per heavy atom. The molecule has 4 aliphatic rings. The monoisotopic (exact) mass is 465 g/mol. The Kier molecular flexibility index (Phi) is 6.89. The summed E-state index contributed by atoms with van der Waals surface area (Å²) in [6.45, 7) is 11.0. The first kappa shape index (κ1) is 24.6. The van der Waals surface area contributed by atoms with Crippen molar-refractivity contribution in [3.63, 3.8) is 0 Å². The van der Waals surface area contributed by atoms with E-state index in [1.54, 1.807) is 6.08 Å². The number of thiocarbonyl (C=S) groups is 1. The first-order chi connectivity index (χ1) is 14.3. The number of hydrogen-bond donors (Lipinski definition) is 4. The van der Waals surface area contributed by atoms with Gasteiger partial charge in [-0.25, -0.2) is 0 Å². The molecular weight excluding hydrogens is 426 g/mol. The summed E-state index contributed by atoms with van der Waals surface area (Å²) in [5.74, 6) is 2.41. The SMILES string of the molecule is CC(C)(C)NC(=O)[C@H]1CC[C@H]2[C@@H]3CC[C@H]4NC(=O)C=C[C@]4(C)[C@H]3CC[C@]12C.NC(=S)S. The summed E-state index contributed by atoms with van der Waals surface area (Å²) in [7, 11) is 0. The third-order valence-corrected chi connectivity index (χ3v) is 8.50. The van der Waals surface area contributed by atoms with E-state index < -0.39 is 0 Å². The van der Waals surface area contributed by atoms with Crippen molar-refractivity contribution in [2.45, 2.75) is 84.7 Å². The molecular formula is C24H39N3O2S2. The predicted octanol–water partition coefficient (Wildman–Crippen LogP) is 3.97. The molecule has 31 heavy (non-hydrogen) atoms. The number of carbonyl (C=O) groups excluding carboxylic acids is 2. The van der Waals surface area contributed by atoms with Crippen LogP contribution in [0.15, 0.2) is 12.2 Å². The average Bonchev–Trinajstić information content (AvgIpc) is 2.98. The van der Waals surface area contributed by atoms with Crippen LogP contribution in [0.3, 0.4) is 0 Å². The molecule has 0 spiro atoms. The van der Waals surface area contributed by atoms with Gasteiger partial charge < -0.3 is 16.4 Å². The van der Waals surface area contributed by atoms with Gasteiger partial charge in [-0.2, -0.15) is 0 Å². The van der Waals surface area contributed by atoms with Crippen LogP contribution >= 0.6 is 24.8 Å². The summed E-state index contributed by atoms with van der Waals surface area (Å²) < 4.78 is 0.194. The van der Waals surface area contributed by atoms with Crippen molar-refractivity contribution in [2.24, 2.45) is 40.2 Å². The van der Waals surface area contributed by atoms with E-state index in [1.807, 2.05) is 0 Å². The zero-order valence-corrected chi connectivity index (χ0v) is 21.2. The third-order valence-electron chi connectivity index (χ3n) is 8.50. The minimum atomic E-state index is -0.167. The Balaban J connectivity index is 0.000000628. The van der Waals surface area contributed by atoms with E-state index in [0.717, 1.165) is 19.3 Å². The number of nitrogens with one attached hydrogen (secondary N) is 2. The normalized spacial score (nSPS) is 41.0. The predicted molar refractivity (Wildman–Crippen MR) is 133 cm³/mol. The van der Waals surface area contributed by atoms with Gasteiger partial charge in [0.1, 0.15) is 4.32 Å². The molecule has 0 aromatic rings. The van der Waals surface area contributed by atoms with Gasteiger partial charge in [0.2, 0.25) is 11.8 Å². The fourth-order valence-corrected chi connectivity index (χ4v) is 7.22. The standard InChI is InChI=1S/C23H36N2O2.CH3NS2/c1-21(2,3)25-20(27)17-8-7-15-14-6-9-18-23(5,13-11-19(26)24-18)16(14)10-12-22(15,17)4;2-1(3)4/h11,13-18H,6-10,12H2,1-5H3,(H,24,26)(H,25,27);(H3,2,3,4)/t14-,15-,16-,17+,18+,22-,23+;/m0./s1. The fourth-order valence-electron chi connectivity index (χ4n) is 7.22. The molecule has 2 amide bonds. The lowest BCUT2D eigenvalue weighted by molar-refractivity contribution is -0.135. The number of hydrogen-bond acceptors (Lipinski definition) is 3. The average molecular weight is 466 g/mol. The molecule has 0 bridgehead atoms. The molecule has 0 unspecified atom stereocenters. The number of fused-ring (bicyclic) bond motifs is 5. The summed E-state index contributed by atoms with van der Waals surface area (Å²) in [4.78, 5) is 24.9. The highest BCUT2D eigenvalue weighted by Crippen LogP contribution is 2.65. The Bertz CT molecular complexity index is 773. The Labute approximate surface area is 198 Å². The maximum atomic E-state index is 13.0. The molecule has 7 atom stereocenters.